The van der Waals surface area contributed by atoms with E-state index in [1.165, 1.54) is 12.1 Å². The zero-order chi connectivity index (χ0) is 8.32. The predicted molar refractivity (Wildman–Crippen MR) is 44.1 cm³/mol. The smallest absolute Gasteiger partial charge is 0.218 e. The zero-order valence-electron chi connectivity index (χ0n) is 5.73. The largest absolute Gasteiger partial charge is 0.246 e. The Bertz CT molecular complexity index is 221. The fourth-order valence-corrected chi connectivity index (χ4v) is 1.02. The quantitative estimate of drug-likeness (QED) is 0.672. The molecule has 1 atom stereocenters. The summed E-state index contributed by atoms with van der Waals surface area (Å²) in [6.45, 7) is -1.06. The molecule has 0 fully saturated rings. The first-order valence-electron chi connectivity index (χ1n) is 3.16. The summed E-state index contributed by atoms with van der Waals surface area (Å²) in [6.07, 6.45) is 0. The third-order valence-electron chi connectivity index (χ3n) is 1.36. The molecule has 0 aliphatic heterocycles. The minimum absolute atomic E-state index is 0.308. The second-order valence-corrected chi connectivity index (χ2v) is 3.46. The molecule has 0 aliphatic carbocycles. The Morgan fingerprint density at radius 2 is 1.82 bits per heavy atom. The Morgan fingerprint density at radius 3 is 2.27 bits per heavy atom. The maximum absolute atomic E-state index is 13.1. The molecule has 0 saturated heterocycles. The average molecular weight is 221 g/mol. The molecule has 1 unspecified atom stereocenters. The van der Waals surface area contributed by atoms with Crippen LogP contribution in [0, 0.1) is 0 Å². The van der Waals surface area contributed by atoms with Crippen LogP contribution in [0.2, 0.25) is 0 Å². The maximum atomic E-state index is 13.1. The number of benzene rings is 1. The summed E-state index contributed by atoms with van der Waals surface area (Å²) in [7, 11) is 0. The number of hydrogen-bond acceptors (Lipinski definition) is 0. The lowest BCUT2D eigenvalue weighted by molar-refractivity contribution is 0.235. The summed E-state index contributed by atoms with van der Waals surface area (Å²) in [5.74, 6) is 0. The molecule has 0 saturated carbocycles. The van der Waals surface area contributed by atoms with Gasteiger partial charge in [0.15, 0.2) is 0 Å². The standard InChI is InChI=1S/C8H7BrF2/c9-8(11,6-10)7-4-2-1-3-5-7/h1-5H,6H2. The van der Waals surface area contributed by atoms with E-state index in [0.29, 0.717) is 5.56 Å². The van der Waals surface area contributed by atoms with E-state index in [-0.39, 0.29) is 0 Å². The molecule has 0 aromatic heterocycles. The molecular weight excluding hydrogens is 214 g/mol. The summed E-state index contributed by atoms with van der Waals surface area (Å²) >= 11 is 2.65. The molecule has 0 N–H and O–H groups in total. The van der Waals surface area contributed by atoms with Gasteiger partial charge in [0, 0.05) is 5.56 Å². The van der Waals surface area contributed by atoms with Crippen molar-refractivity contribution in [2.24, 2.45) is 0 Å². The van der Waals surface area contributed by atoms with Gasteiger partial charge in [-0.15, -0.1) is 0 Å². The first-order valence-corrected chi connectivity index (χ1v) is 3.95. The molecule has 0 radical (unpaired) electrons. The van der Waals surface area contributed by atoms with Gasteiger partial charge < -0.3 is 0 Å². The first-order chi connectivity index (χ1) is 5.17. The molecule has 0 amide bonds. The van der Waals surface area contributed by atoms with Gasteiger partial charge in [0.2, 0.25) is 4.58 Å². The van der Waals surface area contributed by atoms with E-state index in [0.717, 1.165) is 0 Å². The molecule has 0 heterocycles. The number of hydrogen-bond donors (Lipinski definition) is 0. The van der Waals surface area contributed by atoms with Gasteiger partial charge >= 0.3 is 0 Å². The number of halogens is 3. The highest BCUT2D eigenvalue weighted by atomic mass is 79.9. The zero-order valence-corrected chi connectivity index (χ0v) is 7.31. The highest BCUT2D eigenvalue weighted by Gasteiger charge is 2.27. The van der Waals surface area contributed by atoms with Gasteiger partial charge in [-0.05, 0) is 15.9 Å². The Kier molecular flexibility index (Phi) is 2.60. The van der Waals surface area contributed by atoms with Gasteiger partial charge in [-0.1, -0.05) is 30.3 Å². The van der Waals surface area contributed by atoms with Crippen LogP contribution in [0.4, 0.5) is 8.78 Å². The molecule has 11 heavy (non-hydrogen) atoms. The van der Waals surface area contributed by atoms with Crippen molar-refractivity contribution >= 4 is 15.9 Å². The van der Waals surface area contributed by atoms with Crippen molar-refractivity contribution in [1.82, 2.24) is 0 Å². The lowest BCUT2D eigenvalue weighted by Crippen LogP contribution is -2.12. The van der Waals surface area contributed by atoms with Crippen molar-refractivity contribution in [2.45, 2.75) is 4.58 Å². The fraction of sp³-hybridized carbons (Fsp3) is 0.250. The van der Waals surface area contributed by atoms with Crippen LogP contribution in [-0.4, -0.2) is 6.67 Å². The molecule has 0 nitrogen and oxygen atoms in total. The molecule has 1 rings (SSSR count). The third-order valence-corrected chi connectivity index (χ3v) is 2.03. The molecule has 60 valence electrons. The van der Waals surface area contributed by atoms with E-state index in [9.17, 15) is 8.78 Å². The highest BCUT2D eigenvalue weighted by molar-refractivity contribution is 9.09. The van der Waals surface area contributed by atoms with Crippen molar-refractivity contribution in [3.63, 3.8) is 0 Å². The van der Waals surface area contributed by atoms with Crippen LogP contribution in [-0.2, 0) is 4.58 Å². The van der Waals surface area contributed by atoms with Crippen LogP contribution in [0.15, 0.2) is 30.3 Å². The summed E-state index contributed by atoms with van der Waals surface area (Å²) in [5, 5.41) is 0. The summed E-state index contributed by atoms with van der Waals surface area (Å²) < 4.78 is 23.1. The van der Waals surface area contributed by atoms with Crippen LogP contribution in [0.5, 0.6) is 0 Å². The van der Waals surface area contributed by atoms with E-state index < -0.39 is 11.3 Å². The monoisotopic (exact) mass is 220 g/mol. The minimum Gasteiger partial charge on any atom is -0.246 e. The summed E-state index contributed by atoms with van der Waals surface area (Å²) in [6, 6.07) is 8.16. The van der Waals surface area contributed by atoms with E-state index >= 15 is 0 Å². The van der Waals surface area contributed by atoms with Gasteiger partial charge in [0.1, 0.15) is 6.67 Å². The van der Waals surface area contributed by atoms with Gasteiger partial charge in [0.05, 0.1) is 0 Å². The highest BCUT2D eigenvalue weighted by Crippen LogP contribution is 2.32. The predicted octanol–water partition coefficient (Wildman–Crippen LogP) is 3.17. The van der Waals surface area contributed by atoms with Gasteiger partial charge in [-0.3, -0.25) is 0 Å². The number of alkyl halides is 3. The molecule has 3 heteroatoms. The van der Waals surface area contributed by atoms with Crippen LogP contribution in [0.25, 0.3) is 0 Å². The van der Waals surface area contributed by atoms with Crippen molar-refractivity contribution in [3.05, 3.63) is 35.9 Å². The van der Waals surface area contributed by atoms with Crippen LogP contribution >= 0.6 is 15.9 Å². The summed E-state index contributed by atoms with van der Waals surface area (Å²) in [4.78, 5) is 0. The van der Waals surface area contributed by atoms with Crippen molar-refractivity contribution < 1.29 is 8.78 Å². The fourth-order valence-electron chi connectivity index (χ4n) is 0.759. The van der Waals surface area contributed by atoms with Crippen molar-refractivity contribution in [1.29, 1.82) is 0 Å². The second kappa shape index (κ2) is 3.30. The molecule has 0 aliphatic rings. The average Bonchev–Trinajstić information content (AvgIpc) is 2.06. The third kappa shape index (κ3) is 1.99. The minimum atomic E-state index is -2.02. The van der Waals surface area contributed by atoms with Gasteiger partial charge in [-0.25, -0.2) is 8.78 Å². The maximum Gasteiger partial charge on any atom is 0.218 e. The normalized spacial score (nSPS) is 15.9. The van der Waals surface area contributed by atoms with Gasteiger partial charge in [0.25, 0.3) is 0 Å². The molecule has 0 spiro atoms. The molecular formula is C8H7BrF2. The van der Waals surface area contributed by atoms with E-state index in [4.69, 9.17) is 0 Å². The Morgan fingerprint density at radius 1 is 1.27 bits per heavy atom. The first kappa shape index (κ1) is 8.65. The van der Waals surface area contributed by atoms with Crippen LogP contribution in [0.3, 0.4) is 0 Å². The Balaban J connectivity index is 2.93. The van der Waals surface area contributed by atoms with E-state index in [2.05, 4.69) is 15.9 Å². The van der Waals surface area contributed by atoms with Crippen molar-refractivity contribution in [3.8, 4) is 0 Å². The second-order valence-electron chi connectivity index (χ2n) is 2.20. The van der Waals surface area contributed by atoms with Gasteiger partial charge in [-0.2, -0.15) is 0 Å². The topological polar surface area (TPSA) is 0 Å². The lowest BCUT2D eigenvalue weighted by Gasteiger charge is -2.13. The molecule has 0 bridgehead atoms. The number of rotatable bonds is 2. The summed E-state index contributed by atoms with van der Waals surface area (Å²) in [5.41, 5.74) is 0.308. The van der Waals surface area contributed by atoms with Crippen LogP contribution in [0.1, 0.15) is 5.56 Å². The molecule has 1 aromatic carbocycles. The Hall–Kier alpha value is -0.440. The molecule has 1 aromatic rings. The van der Waals surface area contributed by atoms with E-state index in [1.54, 1.807) is 18.2 Å². The Labute approximate surface area is 72.4 Å². The lowest BCUT2D eigenvalue weighted by atomic mass is 10.1. The SMILES string of the molecule is FCC(F)(Br)c1ccccc1. The van der Waals surface area contributed by atoms with Crippen LogP contribution < -0.4 is 0 Å². The van der Waals surface area contributed by atoms with E-state index in [1.807, 2.05) is 0 Å². The van der Waals surface area contributed by atoms with Crippen molar-refractivity contribution in [2.75, 3.05) is 6.67 Å².